The highest BCUT2D eigenvalue weighted by Gasteiger charge is 2.28. The number of ether oxygens (including phenoxy) is 1. The number of likely N-dealkylation sites (tertiary alicyclic amines) is 1. The van der Waals surface area contributed by atoms with Gasteiger partial charge in [0, 0.05) is 36.3 Å². The highest BCUT2D eigenvalue weighted by atomic mass is 32.1. The zero-order valence-electron chi connectivity index (χ0n) is 16.8. The fourth-order valence-electron chi connectivity index (χ4n) is 4.08. The van der Waals surface area contributed by atoms with Gasteiger partial charge in [0.1, 0.15) is 10.6 Å². The number of rotatable bonds is 3. The van der Waals surface area contributed by atoms with Crippen LogP contribution in [0, 0.1) is 20.8 Å². The Morgan fingerprint density at radius 3 is 2.82 bits per heavy atom. The van der Waals surface area contributed by atoms with Gasteiger partial charge in [-0.1, -0.05) is 0 Å². The van der Waals surface area contributed by atoms with Gasteiger partial charge in [-0.15, -0.1) is 11.3 Å². The van der Waals surface area contributed by atoms with Crippen LogP contribution in [0.3, 0.4) is 0 Å². The van der Waals surface area contributed by atoms with Crippen LogP contribution >= 0.6 is 11.3 Å². The van der Waals surface area contributed by atoms with E-state index in [-0.39, 0.29) is 11.8 Å². The number of carbonyl (C=O) groups excluding carboxylic acids is 1. The summed E-state index contributed by atoms with van der Waals surface area (Å²) in [5.74, 6) is 1.25. The molecule has 1 amide bonds. The molecule has 0 saturated carbocycles. The van der Waals surface area contributed by atoms with E-state index in [1.165, 1.54) is 16.7 Å². The summed E-state index contributed by atoms with van der Waals surface area (Å²) in [4.78, 5) is 24.9. The topological polar surface area (TPSA) is 55.3 Å². The average Bonchev–Trinajstić information content (AvgIpc) is 3.05. The lowest BCUT2D eigenvalue weighted by atomic mass is 9.92. The van der Waals surface area contributed by atoms with E-state index in [1.54, 1.807) is 7.11 Å². The summed E-state index contributed by atoms with van der Waals surface area (Å²) in [6.07, 6.45) is 3.98. The number of thiazole rings is 1. The minimum atomic E-state index is 0.103. The van der Waals surface area contributed by atoms with Gasteiger partial charge in [0.2, 0.25) is 0 Å². The summed E-state index contributed by atoms with van der Waals surface area (Å²) in [6.45, 7) is 7.45. The number of carbonyl (C=O) groups is 1. The minimum absolute atomic E-state index is 0.103. The first-order valence-electron chi connectivity index (χ1n) is 9.64. The standard InChI is InChI=1S/C22H25N3O2S/c1-13-18-10-19(23-11-16(18)7-8-20(13)27-4)17-6-5-9-25(12-17)22(26)21-14(2)24-15(3)28-21/h7-8,10-11,17H,5-6,9,12H2,1-4H3. The number of fused-ring (bicyclic) bond motifs is 1. The molecule has 3 heterocycles. The van der Waals surface area contributed by atoms with E-state index in [0.717, 1.165) is 57.4 Å². The number of methoxy groups -OCH3 is 1. The summed E-state index contributed by atoms with van der Waals surface area (Å²) >= 11 is 1.49. The van der Waals surface area contributed by atoms with Crippen molar-refractivity contribution in [3.8, 4) is 5.75 Å². The zero-order chi connectivity index (χ0) is 19.8. The number of aromatic nitrogens is 2. The van der Waals surface area contributed by atoms with Crippen molar-refractivity contribution in [2.24, 2.45) is 0 Å². The molecule has 1 fully saturated rings. The molecule has 146 valence electrons. The van der Waals surface area contributed by atoms with E-state index in [2.05, 4.69) is 18.0 Å². The molecule has 0 bridgehead atoms. The average molecular weight is 396 g/mol. The molecule has 28 heavy (non-hydrogen) atoms. The maximum absolute atomic E-state index is 13.0. The zero-order valence-corrected chi connectivity index (χ0v) is 17.6. The van der Waals surface area contributed by atoms with Gasteiger partial charge in [0.25, 0.3) is 5.91 Å². The van der Waals surface area contributed by atoms with Crippen molar-refractivity contribution in [1.29, 1.82) is 0 Å². The van der Waals surface area contributed by atoms with Crippen LogP contribution in [-0.4, -0.2) is 41.0 Å². The molecule has 5 nitrogen and oxygen atoms in total. The third-order valence-electron chi connectivity index (χ3n) is 5.59. The molecule has 6 heteroatoms. The molecule has 1 atom stereocenters. The van der Waals surface area contributed by atoms with E-state index in [0.29, 0.717) is 6.54 Å². The summed E-state index contributed by atoms with van der Waals surface area (Å²) < 4.78 is 5.47. The van der Waals surface area contributed by atoms with E-state index in [4.69, 9.17) is 9.72 Å². The van der Waals surface area contributed by atoms with E-state index < -0.39 is 0 Å². The van der Waals surface area contributed by atoms with Crippen LogP contribution in [0.2, 0.25) is 0 Å². The molecule has 0 spiro atoms. The fourth-order valence-corrected chi connectivity index (χ4v) is 4.97. The first kappa shape index (κ1) is 18.9. The predicted molar refractivity (Wildman–Crippen MR) is 112 cm³/mol. The molecule has 1 unspecified atom stereocenters. The van der Waals surface area contributed by atoms with Gasteiger partial charge >= 0.3 is 0 Å². The third-order valence-corrected chi connectivity index (χ3v) is 6.65. The molecule has 1 saturated heterocycles. The molecule has 0 radical (unpaired) electrons. The number of nitrogens with zero attached hydrogens (tertiary/aromatic N) is 3. The number of hydrogen-bond donors (Lipinski definition) is 0. The van der Waals surface area contributed by atoms with Crippen molar-refractivity contribution in [1.82, 2.24) is 14.9 Å². The number of pyridine rings is 1. The maximum Gasteiger partial charge on any atom is 0.265 e. The number of amides is 1. The van der Waals surface area contributed by atoms with Crippen LogP contribution < -0.4 is 4.74 Å². The van der Waals surface area contributed by atoms with Crippen LogP contribution in [0.25, 0.3) is 10.8 Å². The van der Waals surface area contributed by atoms with Gasteiger partial charge in [0.05, 0.1) is 17.8 Å². The molecule has 0 aliphatic carbocycles. The molecule has 0 N–H and O–H groups in total. The highest BCUT2D eigenvalue weighted by Crippen LogP contribution is 2.32. The van der Waals surface area contributed by atoms with E-state index in [9.17, 15) is 4.79 Å². The Balaban J connectivity index is 1.61. The molecule has 1 aliphatic rings. The molecule has 2 aromatic heterocycles. The van der Waals surface area contributed by atoms with Crippen molar-refractivity contribution >= 4 is 28.0 Å². The Bertz CT molecular complexity index is 1040. The second kappa shape index (κ2) is 7.51. The number of hydrogen-bond acceptors (Lipinski definition) is 5. The molecule has 1 aliphatic heterocycles. The maximum atomic E-state index is 13.0. The quantitative estimate of drug-likeness (QED) is 0.648. The van der Waals surface area contributed by atoms with Crippen molar-refractivity contribution in [3.63, 3.8) is 0 Å². The highest BCUT2D eigenvalue weighted by molar-refractivity contribution is 7.13. The first-order valence-corrected chi connectivity index (χ1v) is 10.5. The second-order valence-electron chi connectivity index (χ2n) is 7.46. The van der Waals surface area contributed by atoms with Crippen molar-refractivity contribution in [2.75, 3.05) is 20.2 Å². The van der Waals surface area contributed by atoms with Gasteiger partial charge in [-0.3, -0.25) is 9.78 Å². The molecule has 3 aromatic rings. The van der Waals surface area contributed by atoms with Crippen LogP contribution in [0.1, 0.15) is 50.4 Å². The summed E-state index contributed by atoms with van der Waals surface area (Å²) in [5.41, 5.74) is 3.02. The van der Waals surface area contributed by atoms with Gasteiger partial charge in [-0.25, -0.2) is 4.98 Å². The molecular formula is C22H25N3O2S. The normalized spacial score (nSPS) is 17.1. The van der Waals surface area contributed by atoms with Crippen molar-refractivity contribution < 1.29 is 9.53 Å². The summed E-state index contributed by atoms with van der Waals surface area (Å²) in [6, 6.07) is 6.21. The number of piperidine rings is 1. The monoisotopic (exact) mass is 395 g/mol. The van der Waals surface area contributed by atoms with Gasteiger partial charge in [-0.2, -0.15) is 0 Å². The smallest absolute Gasteiger partial charge is 0.265 e. The Morgan fingerprint density at radius 2 is 2.11 bits per heavy atom. The molecule has 1 aromatic carbocycles. The van der Waals surface area contributed by atoms with Crippen LogP contribution in [0.5, 0.6) is 5.75 Å². The summed E-state index contributed by atoms with van der Waals surface area (Å²) in [7, 11) is 1.70. The van der Waals surface area contributed by atoms with Crippen molar-refractivity contribution in [2.45, 2.75) is 39.5 Å². The SMILES string of the molecule is COc1ccc2cnc(C3CCCN(C(=O)c4sc(C)nc4C)C3)cc2c1C. The lowest BCUT2D eigenvalue weighted by Gasteiger charge is -2.32. The Hall–Kier alpha value is -2.47. The Labute approximate surface area is 169 Å². The Kier molecular flexibility index (Phi) is 5.06. The van der Waals surface area contributed by atoms with E-state index >= 15 is 0 Å². The van der Waals surface area contributed by atoms with Crippen molar-refractivity contribution in [3.05, 3.63) is 51.2 Å². The van der Waals surface area contributed by atoms with Gasteiger partial charge < -0.3 is 9.64 Å². The third kappa shape index (κ3) is 3.37. The van der Waals surface area contributed by atoms with Gasteiger partial charge in [-0.05, 0) is 62.8 Å². The lowest BCUT2D eigenvalue weighted by Crippen LogP contribution is -2.39. The fraction of sp³-hybridized carbons (Fsp3) is 0.409. The summed E-state index contributed by atoms with van der Waals surface area (Å²) in [5, 5.41) is 3.22. The molecular weight excluding hydrogens is 370 g/mol. The predicted octanol–water partition coefficient (Wildman–Crippen LogP) is 4.64. The number of benzene rings is 1. The van der Waals surface area contributed by atoms with Gasteiger partial charge in [0.15, 0.2) is 0 Å². The van der Waals surface area contributed by atoms with Crippen LogP contribution in [0.15, 0.2) is 24.4 Å². The molecule has 4 rings (SSSR count). The minimum Gasteiger partial charge on any atom is -0.496 e. The first-order chi connectivity index (χ1) is 13.5. The lowest BCUT2D eigenvalue weighted by molar-refractivity contribution is 0.0710. The van der Waals surface area contributed by atoms with E-state index in [1.807, 2.05) is 37.1 Å². The Morgan fingerprint density at radius 1 is 1.29 bits per heavy atom. The second-order valence-corrected chi connectivity index (χ2v) is 8.66. The van der Waals surface area contributed by atoms with Crippen LogP contribution in [-0.2, 0) is 0 Å². The number of aryl methyl sites for hydroxylation is 3. The van der Waals surface area contributed by atoms with Crippen LogP contribution in [0.4, 0.5) is 0 Å². The largest absolute Gasteiger partial charge is 0.496 e.